The van der Waals surface area contributed by atoms with Crippen LogP contribution in [0.4, 0.5) is 0 Å². The fraction of sp³-hybridized carbons (Fsp3) is 0.615. The number of hydrogen-bond acceptors (Lipinski definition) is 2. The molecule has 2 nitrogen and oxygen atoms in total. The van der Waals surface area contributed by atoms with E-state index in [9.17, 15) is 0 Å². The number of nitrogens with one attached hydrogen (secondary N) is 1. The highest BCUT2D eigenvalue weighted by atomic mass is 35.5. The van der Waals surface area contributed by atoms with Crippen molar-refractivity contribution in [2.24, 2.45) is 5.41 Å². The quantitative estimate of drug-likeness (QED) is 0.773. The summed E-state index contributed by atoms with van der Waals surface area (Å²) in [5, 5.41) is 3.46. The summed E-state index contributed by atoms with van der Waals surface area (Å²) in [5.74, 6) is 0.723. The zero-order valence-corrected chi connectivity index (χ0v) is 11.1. The summed E-state index contributed by atoms with van der Waals surface area (Å²) in [6.45, 7) is 8.38. The van der Waals surface area contributed by atoms with Crippen LogP contribution in [0.3, 0.4) is 0 Å². The van der Waals surface area contributed by atoms with Gasteiger partial charge in [-0.05, 0) is 29.9 Å². The standard InChI is InChI=1S/C13H21ClN2/c1-11-6-12(8-15-7-11)9-16-10-13(2,3)4-5-14/h6-8,16H,4-5,9-10H2,1-3H3. The Bertz CT molecular complexity index is 323. The SMILES string of the molecule is Cc1cncc(CNCC(C)(C)CCCl)c1. The molecule has 1 rings (SSSR count). The maximum absolute atomic E-state index is 5.76. The number of nitrogens with zero attached hydrogens (tertiary/aromatic N) is 1. The summed E-state index contributed by atoms with van der Waals surface area (Å²) >= 11 is 5.76. The van der Waals surface area contributed by atoms with Gasteiger partial charge in [-0.25, -0.2) is 0 Å². The summed E-state index contributed by atoms with van der Waals surface area (Å²) in [7, 11) is 0. The van der Waals surface area contributed by atoms with Gasteiger partial charge in [-0.3, -0.25) is 4.98 Å². The molecule has 16 heavy (non-hydrogen) atoms. The van der Waals surface area contributed by atoms with Crippen molar-refractivity contribution in [1.82, 2.24) is 10.3 Å². The summed E-state index contributed by atoms with van der Waals surface area (Å²) in [6, 6.07) is 2.16. The fourth-order valence-corrected chi connectivity index (χ4v) is 2.12. The highest BCUT2D eigenvalue weighted by Crippen LogP contribution is 2.19. The van der Waals surface area contributed by atoms with Gasteiger partial charge in [0.15, 0.2) is 0 Å². The van der Waals surface area contributed by atoms with E-state index in [-0.39, 0.29) is 5.41 Å². The van der Waals surface area contributed by atoms with Gasteiger partial charge < -0.3 is 5.32 Å². The van der Waals surface area contributed by atoms with Gasteiger partial charge in [0.1, 0.15) is 0 Å². The van der Waals surface area contributed by atoms with Crippen molar-refractivity contribution in [3.63, 3.8) is 0 Å². The number of aryl methyl sites for hydroxylation is 1. The molecular weight excluding hydrogens is 220 g/mol. The molecule has 0 aliphatic carbocycles. The van der Waals surface area contributed by atoms with Gasteiger partial charge in [-0.15, -0.1) is 11.6 Å². The van der Waals surface area contributed by atoms with Gasteiger partial charge in [0, 0.05) is 31.4 Å². The molecule has 3 heteroatoms. The monoisotopic (exact) mass is 240 g/mol. The first-order chi connectivity index (χ1) is 7.53. The van der Waals surface area contributed by atoms with Crippen LogP contribution in [0.1, 0.15) is 31.4 Å². The third kappa shape index (κ3) is 4.95. The molecule has 0 amide bonds. The second-order valence-corrected chi connectivity index (χ2v) is 5.46. The topological polar surface area (TPSA) is 24.9 Å². The van der Waals surface area contributed by atoms with E-state index < -0.39 is 0 Å². The number of hydrogen-bond donors (Lipinski definition) is 1. The van der Waals surface area contributed by atoms with Crippen LogP contribution in [0.25, 0.3) is 0 Å². The molecule has 0 atom stereocenters. The van der Waals surface area contributed by atoms with E-state index in [0.717, 1.165) is 25.4 Å². The lowest BCUT2D eigenvalue weighted by Gasteiger charge is -2.23. The Kier molecular flexibility index (Phi) is 5.23. The van der Waals surface area contributed by atoms with Gasteiger partial charge in [-0.1, -0.05) is 19.9 Å². The first-order valence-corrected chi connectivity index (χ1v) is 6.24. The summed E-state index contributed by atoms with van der Waals surface area (Å²) in [5.41, 5.74) is 2.71. The van der Waals surface area contributed by atoms with Crippen LogP contribution >= 0.6 is 11.6 Å². The lowest BCUT2D eigenvalue weighted by atomic mass is 9.90. The van der Waals surface area contributed by atoms with E-state index in [2.05, 4.69) is 37.1 Å². The Morgan fingerprint density at radius 2 is 2.12 bits per heavy atom. The molecule has 0 saturated carbocycles. The van der Waals surface area contributed by atoms with E-state index in [1.54, 1.807) is 0 Å². The fourth-order valence-electron chi connectivity index (χ4n) is 1.60. The number of alkyl halides is 1. The van der Waals surface area contributed by atoms with Crippen LogP contribution in [0.2, 0.25) is 0 Å². The van der Waals surface area contributed by atoms with E-state index in [4.69, 9.17) is 11.6 Å². The molecule has 0 unspecified atom stereocenters. The van der Waals surface area contributed by atoms with E-state index in [0.29, 0.717) is 0 Å². The van der Waals surface area contributed by atoms with Crippen LogP contribution in [-0.2, 0) is 6.54 Å². The zero-order valence-electron chi connectivity index (χ0n) is 10.4. The van der Waals surface area contributed by atoms with Crippen molar-refractivity contribution in [2.75, 3.05) is 12.4 Å². The molecule has 0 saturated heterocycles. The first kappa shape index (κ1) is 13.5. The molecule has 1 heterocycles. The van der Waals surface area contributed by atoms with Crippen molar-refractivity contribution in [1.29, 1.82) is 0 Å². The predicted molar refractivity (Wildman–Crippen MR) is 69.8 cm³/mol. The summed E-state index contributed by atoms with van der Waals surface area (Å²) in [6.07, 6.45) is 4.82. The minimum absolute atomic E-state index is 0.263. The Morgan fingerprint density at radius 3 is 2.75 bits per heavy atom. The lowest BCUT2D eigenvalue weighted by Crippen LogP contribution is -2.29. The van der Waals surface area contributed by atoms with Gasteiger partial charge >= 0.3 is 0 Å². The van der Waals surface area contributed by atoms with Crippen LogP contribution in [-0.4, -0.2) is 17.4 Å². The van der Waals surface area contributed by atoms with E-state index in [1.807, 2.05) is 12.4 Å². The molecule has 0 radical (unpaired) electrons. The average molecular weight is 241 g/mol. The van der Waals surface area contributed by atoms with Gasteiger partial charge in [-0.2, -0.15) is 0 Å². The third-order valence-electron chi connectivity index (χ3n) is 2.64. The maximum Gasteiger partial charge on any atom is 0.0313 e. The molecule has 1 aromatic heterocycles. The van der Waals surface area contributed by atoms with Gasteiger partial charge in [0.2, 0.25) is 0 Å². The molecule has 90 valence electrons. The summed E-state index contributed by atoms with van der Waals surface area (Å²) in [4.78, 5) is 4.17. The summed E-state index contributed by atoms with van der Waals surface area (Å²) < 4.78 is 0. The van der Waals surface area contributed by atoms with Crippen molar-refractivity contribution >= 4 is 11.6 Å². The van der Waals surface area contributed by atoms with Crippen molar-refractivity contribution < 1.29 is 0 Å². The Hall–Kier alpha value is -0.600. The van der Waals surface area contributed by atoms with Crippen LogP contribution in [0.15, 0.2) is 18.5 Å². The maximum atomic E-state index is 5.76. The number of aromatic nitrogens is 1. The molecule has 1 N–H and O–H groups in total. The molecule has 0 bridgehead atoms. The zero-order chi connectivity index (χ0) is 12.0. The van der Waals surface area contributed by atoms with Crippen LogP contribution in [0, 0.1) is 12.3 Å². The highest BCUT2D eigenvalue weighted by Gasteiger charge is 2.15. The minimum Gasteiger partial charge on any atom is -0.312 e. The smallest absolute Gasteiger partial charge is 0.0313 e. The first-order valence-electron chi connectivity index (χ1n) is 5.71. The largest absolute Gasteiger partial charge is 0.312 e. The number of halogens is 1. The Balaban J connectivity index is 2.35. The highest BCUT2D eigenvalue weighted by molar-refractivity contribution is 6.17. The third-order valence-corrected chi connectivity index (χ3v) is 2.82. The molecule has 0 fully saturated rings. The molecule has 0 aromatic carbocycles. The van der Waals surface area contributed by atoms with Crippen LogP contribution < -0.4 is 5.32 Å². The molecule has 0 aliphatic rings. The average Bonchev–Trinajstić information content (AvgIpc) is 2.17. The number of rotatable bonds is 6. The second-order valence-electron chi connectivity index (χ2n) is 5.08. The van der Waals surface area contributed by atoms with E-state index in [1.165, 1.54) is 11.1 Å². The molecule has 1 aromatic rings. The Morgan fingerprint density at radius 1 is 1.38 bits per heavy atom. The Labute approximate surface area is 103 Å². The van der Waals surface area contributed by atoms with Crippen LogP contribution in [0.5, 0.6) is 0 Å². The van der Waals surface area contributed by atoms with E-state index >= 15 is 0 Å². The van der Waals surface area contributed by atoms with Crippen molar-refractivity contribution in [3.05, 3.63) is 29.6 Å². The molecule has 0 spiro atoms. The minimum atomic E-state index is 0.263. The van der Waals surface area contributed by atoms with Gasteiger partial charge in [0.25, 0.3) is 0 Å². The lowest BCUT2D eigenvalue weighted by molar-refractivity contribution is 0.329. The number of pyridine rings is 1. The second kappa shape index (κ2) is 6.21. The van der Waals surface area contributed by atoms with Crippen molar-refractivity contribution in [3.8, 4) is 0 Å². The molecule has 0 aliphatic heterocycles. The predicted octanol–water partition coefficient (Wildman–Crippen LogP) is 3.13. The van der Waals surface area contributed by atoms with Gasteiger partial charge in [0.05, 0.1) is 0 Å². The molecular formula is C13H21ClN2. The van der Waals surface area contributed by atoms with Crippen molar-refractivity contribution in [2.45, 2.75) is 33.7 Å². The normalized spacial score (nSPS) is 11.8.